The molecule has 0 spiro atoms. The van der Waals surface area contributed by atoms with Crippen LogP contribution in [0, 0.1) is 0 Å². The monoisotopic (exact) mass is 396 g/mol. The first-order chi connectivity index (χ1) is 15.4. The maximum absolute atomic E-state index is 2.27. The van der Waals surface area contributed by atoms with Crippen LogP contribution in [-0.2, 0) is 0 Å². The molecular weight excluding hydrogens is 372 g/mol. The van der Waals surface area contributed by atoms with Crippen LogP contribution in [0.3, 0.4) is 0 Å². The first-order valence-electron chi connectivity index (χ1n) is 10.7. The highest BCUT2D eigenvalue weighted by Gasteiger charge is 2.17. The third-order valence-electron chi connectivity index (χ3n) is 5.84. The van der Waals surface area contributed by atoms with Crippen LogP contribution in [-0.4, -0.2) is 0 Å². The second-order valence-electron chi connectivity index (χ2n) is 7.82. The van der Waals surface area contributed by atoms with E-state index < -0.39 is 0 Å². The summed E-state index contributed by atoms with van der Waals surface area (Å²) < 4.78 is 0. The van der Waals surface area contributed by atoms with E-state index in [-0.39, 0.29) is 5.92 Å². The Kier molecular flexibility index (Phi) is 5.45. The van der Waals surface area contributed by atoms with Gasteiger partial charge < -0.3 is 0 Å². The fourth-order valence-electron chi connectivity index (χ4n) is 4.22. The minimum Gasteiger partial charge on any atom is -0.0622 e. The number of hydrogen-bond donors (Lipinski definition) is 0. The zero-order valence-electron chi connectivity index (χ0n) is 17.4. The predicted molar refractivity (Wildman–Crippen MR) is 131 cm³/mol. The van der Waals surface area contributed by atoms with Gasteiger partial charge >= 0.3 is 0 Å². The Balaban J connectivity index is 1.52. The van der Waals surface area contributed by atoms with E-state index in [0.717, 1.165) is 0 Å². The molecule has 0 N–H and O–H groups in total. The highest BCUT2D eigenvalue weighted by molar-refractivity contribution is 5.65. The largest absolute Gasteiger partial charge is 0.0622 e. The van der Waals surface area contributed by atoms with Gasteiger partial charge in [0, 0.05) is 5.92 Å². The fourth-order valence-corrected chi connectivity index (χ4v) is 4.22. The van der Waals surface area contributed by atoms with Crippen LogP contribution in [0.4, 0.5) is 0 Å². The summed E-state index contributed by atoms with van der Waals surface area (Å²) >= 11 is 0. The Morgan fingerprint density at radius 1 is 0.258 bits per heavy atom. The molecule has 5 aromatic carbocycles. The van der Waals surface area contributed by atoms with E-state index in [9.17, 15) is 0 Å². The van der Waals surface area contributed by atoms with Crippen molar-refractivity contribution in [2.45, 2.75) is 5.92 Å². The van der Waals surface area contributed by atoms with Crippen LogP contribution in [0.1, 0.15) is 22.6 Å². The topological polar surface area (TPSA) is 0 Å². The molecule has 5 rings (SSSR count). The average molecular weight is 397 g/mol. The summed E-state index contributed by atoms with van der Waals surface area (Å²) in [6.07, 6.45) is 0. The van der Waals surface area contributed by atoms with Crippen molar-refractivity contribution in [3.63, 3.8) is 0 Å². The Morgan fingerprint density at radius 3 is 0.935 bits per heavy atom. The average Bonchev–Trinajstić information content (AvgIpc) is 2.87. The SMILES string of the molecule is c1ccc(-c2ccc(C(c3ccccc3)c3ccc(-c4ccccc4)cc3)cc2)cc1. The molecule has 5 aromatic rings. The molecule has 31 heavy (non-hydrogen) atoms. The first-order valence-corrected chi connectivity index (χ1v) is 10.7. The fraction of sp³-hybridized carbons (Fsp3) is 0.0323. The minimum absolute atomic E-state index is 0.204. The van der Waals surface area contributed by atoms with E-state index in [4.69, 9.17) is 0 Å². The zero-order chi connectivity index (χ0) is 20.9. The van der Waals surface area contributed by atoms with E-state index >= 15 is 0 Å². The lowest BCUT2D eigenvalue weighted by atomic mass is 9.84. The minimum atomic E-state index is 0.204. The van der Waals surface area contributed by atoms with E-state index in [0.29, 0.717) is 0 Å². The molecule has 0 bridgehead atoms. The molecule has 0 radical (unpaired) electrons. The lowest BCUT2D eigenvalue weighted by molar-refractivity contribution is 0.978. The van der Waals surface area contributed by atoms with Gasteiger partial charge in [-0.3, -0.25) is 0 Å². The van der Waals surface area contributed by atoms with Gasteiger partial charge in [0.2, 0.25) is 0 Å². The van der Waals surface area contributed by atoms with E-state index in [1.807, 2.05) is 0 Å². The number of rotatable bonds is 5. The number of benzene rings is 5. The van der Waals surface area contributed by atoms with Crippen molar-refractivity contribution in [1.29, 1.82) is 0 Å². The molecule has 0 saturated heterocycles. The van der Waals surface area contributed by atoms with Crippen molar-refractivity contribution < 1.29 is 0 Å². The van der Waals surface area contributed by atoms with Crippen LogP contribution < -0.4 is 0 Å². The van der Waals surface area contributed by atoms with Crippen LogP contribution in [0.5, 0.6) is 0 Å². The lowest BCUT2D eigenvalue weighted by Crippen LogP contribution is -2.03. The molecule has 0 nitrogen and oxygen atoms in total. The third-order valence-corrected chi connectivity index (χ3v) is 5.84. The van der Waals surface area contributed by atoms with Gasteiger partial charge in [-0.1, -0.05) is 140 Å². The number of hydrogen-bond acceptors (Lipinski definition) is 0. The first kappa shape index (κ1) is 19.1. The molecular formula is C31H24. The summed E-state index contributed by atoms with van der Waals surface area (Å²) in [6, 6.07) is 49.9. The van der Waals surface area contributed by atoms with Crippen LogP contribution in [0.2, 0.25) is 0 Å². The Hall–Kier alpha value is -3.90. The van der Waals surface area contributed by atoms with Gasteiger partial charge in [-0.2, -0.15) is 0 Å². The molecule has 0 aliphatic carbocycles. The third kappa shape index (κ3) is 4.20. The standard InChI is InChI=1S/C31H24/c1-4-10-24(11-5-1)26-16-20-29(21-17-26)31(28-14-8-3-9-15-28)30-22-18-27(19-23-30)25-12-6-2-7-13-25/h1-23,31H. The summed E-state index contributed by atoms with van der Waals surface area (Å²) in [4.78, 5) is 0. The Bertz CT molecular complexity index is 1140. The quantitative estimate of drug-likeness (QED) is 0.263. The van der Waals surface area contributed by atoms with Crippen molar-refractivity contribution in [3.8, 4) is 22.3 Å². The van der Waals surface area contributed by atoms with E-state index in [1.54, 1.807) is 0 Å². The summed E-state index contributed by atoms with van der Waals surface area (Å²) in [5, 5.41) is 0. The molecule has 0 heterocycles. The van der Waals surface area contributed by atoms with Crippen molar-refractivity contribution in [1.82, 2.24) is 0 Å². The molecule has 0 heteroatoms. The van der Waals surface area contributed by atoms with Gasteiger partial charge in [0.1, 0.15) is 0 Å². The van der Waals surface area contributed by atoms with E-state index in [2.05, 4.69) is 140 Å². The second-order valence-corrected chi connectivity index (χ2v) is 7.82. The summed E-state index contributed by atoms with van der Waals surface area (Å²) in [7, 11) is 0. The molecule has 0 fully saturated rings. The zero-order valence-corrected chi connectivity index (χ0v) is 17.4. The molecule has 0 aliphatic rings. The molecule has 0 aliphatic heterocycles. The van der Waals surface area contributed by atoms with Gasteiger partial charge in [0.05, 0.1) is 0 Å². The van der Waals surface area contributed by atoms with Crippen LogP contribution in [0.25, 0.3) is 22.3 Å². The van der Waals surface area contributed by atoms with Gasteiger partial charge in [-0.25, -0.2) is 0 Å². The molecule has 0 aromatic heterocycles. The smallest absolute Gasteiger partial charge is 0.0340 e. The summed E-state index contributed by atoms with van der Waals surface area (Å²) in [5.74, 6) is 0.204. The normalized spacial score (nSPS) is 10.9. The van der Waals surface area contributed by atoms with Gasteiger partial charge in [0.15, 0.2) is 0 Å². The lowest BCUT2D eigenvalue weighted by Gasteiger charge is -2.20. The van der Waals surface area contributed by atoms with Crippen molar-refractivity contribution in [2.24, 2.45) is 0 Å². The molecule has 0 unspecified atom stereocenters. The maximum Gasteiger partial charge on any atom is 0.0340 e. The summed E-state index contributed by atoms with van der Waals surface area (Å²) in [6.45, 7) is 0. The Morgan fingerprint density at radius 2 is 0.548 bits per heavy atom. The molecule has 148 valence electrons. The van der Waals surface area contributed by atoms with E-state index in [1.165, 1.54) is 38.9 Å². The van der Waals surface area contributed by atoms with Crippen molar-refractivity contribution in [2.75, 3.05) is 0 Å². The Labute approximate surface area is 184 Å². The molecule has 0 saturated carbocycles. The van der Waals surface area contributed by atoms with Gasteiger partial charge in [-0.05, 0) is 38.9 Å². The predicted octanol–water partition coefficient (Wildman–Crippen LogP) is 8.20. The highest BCUT2D eigenvalue weighted by Crippen LogP contribution is 2.34. The molecule has 0 amide bonds. The second kappa shape index (κ2) is 8.85. The summed E-state index contributed by atoms with van der Waals surface area (Å²) in [5.41, 5.74) is 8.90. The molecule has 0 atom stereocenters. The van der Waals surface area contributed by atoms with Crippen LogP contribution in [0.15, 0.2) is 140 Å². The van der Waals surface area contributed by atoms with Crippen molar-refractivity contribution in [3.05, 3.63) is 156 Å². The van der Waals surface area contributed by atoms with Gasteiger partial charge in [0.25, 0.3) is 0 Å². The highest BCUT2D eigenvalue weighted by atomic mass is 14.2. The van der Waals surface area contributed by atoms with Gasteiger partial charge in [-0.15, -0.1) is 0 Å². The maximum atomic E-state index is 2.27. The van der Waals surface area contributed by atoms with Crippen LogP contribution >= 0.6 is 0 Å². The van der Waals surface area contributed by atoms with Crippen molar-refractivity contribution >= 4 is 0 Å².